The Morgan fingerprint density at radius 3 is 2.47 bits per heavy atom. The van der Waals surface area contributed by atoms with Gasteiger partial charge in [0.05, 0.1) is 22.9 Å². The van der Waals surface area contributed by atoms with Crippen molar-refractivity contribution in [3.8, 4) is 29.5 Å². The van der Waals surface area contributed by atoms with Gasteiger partial charge in [0.25, 0.3) is 0 Å². The molecule has 1 fully saturated rings. The second-order valence-electron chi connectivity index (χ2n) is 10.4. The van der Waals surface area contributed by atoms with Crippen molar-refractivity contribution in [3.63, 3.8) is 0 Å². The van der Waals surface area contributed by atoms with E-state index in [1.54, 1.807) is 10.7 Å². The summed E-state index contributed by atoms with van der Waals surface area (Å²) in [6.45, 7) is 8.12. The van der Waals surface area contributed by atoms with Crippen LogP contribution in [0.15, 0.2) is 55.1 Å². The number of hydrogen-bond acceptors (Lipinski definition) is 7. The number of fused-ring (bicyclic) bond motifs is 1. The van der Waals surface area contributed by atoms with Gasteiger partial charge in [0.2, 0.25) is 0 Å². The lowest BCUT2D eigenvalue weighted by atomic mass is 9.97. The highest BCUT2D eigenvalue weighted by Gasteiger charge is 2.20. The molecular weight excluding hydrogens is 474 g/mol. The number of aliphatic hydroxyl groups is 1. The van der Waals surface area contributed by atoms with Gasteiger partial charge in [-0.1, -0.05) is 12.0 Å². The summed E-state index contributed by atoms with van der Waals surface area (Å²) >= 11 is 0. The Morgan fingerprint density at radius 1 is 1.03 bits per heavy atom. The van der Waals surface area contributed by atoms with Gasteiger partial charge in [0, 0.05) is 62.4 Å². The van der Waals surface area contributed by atoms with Gasteiger partial charge in [0.1, 0.15) is 17.6 Å². The zero-order valence-electron chi connectivity index (χ0n) is 21.8. The first-order chi connectivity index (χ1) is 18.3. The normalized spacial score (nSPS) is 14.4. The zero-order chi connectivity index (χ0) is 26.7. The number of pyridine rings is 3. The first-order valence-corrected chi connectivity index (χ1v) is 12.8. The van der Waals surface area contributed by atoms with Crippen LogP contribution in [0.3, 0.4) is 0 Å². The van der Waals surface area contributed by atoms with E-state index in [-0.39, 0.29) is 0 Å². The Labute approximate surface area is 223 Å². The molecule has 0 bridgehead atoms. The lowest BCUT2D eigenvalue weighted by molar-refractivity contribution is 0.0714. The number of aromatic nitrogens is 4. The molecule has 8 heteroatoms. The minimum atomic E-state index is -0.756. The van der Waals surface area contributed by atoms with Crippen molar-refractivity contribution in [3.05, 3.63) is 77.5 Å². The van der Waals surface area contributed by atoms with Gasteiger partial charge in [-0.3, -0.25) is 4.90 Å². The second kappa shape index (κ2) is 10.6. The Morgan fingerprint density at radius 2 is 1.84 bits per heavy atom. The molecule has 1 aliphatic rings. The fraction of sp³-hybridized carbons (Fsp3) is 0.333. The fourth-order valence-corrected chi connectivity index (χ4v) is 4.79. The number of rotatable bonds is 7. The van der Waals surface area contributed by atoms with Gasteiger partial charge < -0.3 is 10.0 Å². The minimum Gasteiger partial charge on any atom is -0.390 e. The largest absolute Gasteiger partial charge is 0.390 e. The van der Waals surface area contributed by atoms with Crippen LogP contribution in [0.5, 0.6) is 0 Å². The summed E-state index contributed by atoms with van der Waals surface area (Å²) in [4.78, 5) is 13.8. The predicted octanol–water partition coefficient (Wildman–Crippen LogP) is 3.67. The van der Waals surface area contributed by atoms with Crippen molar-refractivity contribution in [2.45, 2.75) is 38.8 Å². The smallest absolute Gasteiger partial charge is 0.128 e. The van der Waals surface area contributed by atoms with E-state index in [2.05, 4.69) is 50.1 Å². The average molecular weight is 506 g/mol. The van der Waals surface area contributed by atoms with Gasteiger partial charge in [0.15, 0.2) is 0 Å². The van der Waals surface area contributed by atoms with Crippen LogP contribution in [0.1, 0.15) is 42.7 Å². The third kappa shape index (κ3) is 5.68. The predicted molar refractivity (Wildman–Crippen MR) is 147 cm³/mol. The zero-order valence-corrected chi connectivity index (χ0v) is 21.8. The summed E-state index contributed by atoms with van der Waals surface area (Å²) in [6, 6.07) is 12.4. The average Bonchev–Trinajstić information content (AvgIpc) is 3.35. The summed E-state index contributed by atoms with van der Waals surface area (Å²) in [5, 5.41) is 24.2. The maximum atomic E-state index is 10.2. The lowest BCUT2D eigenvalue weighted by Crippen LogP contribution is -2.46. The molecule has 8 nitrogen and oxygen atoms in total. The monoisotopic (exact) mass is 505 g/mol. The maximum Gasteiger partial charge on any atom is 0.128 e. The van der Waals surface area contributed by atoms with E-state index < -0.39 is 5.60 Å². The first-order valence-electron chi connectivity index (χ1n) is 12.8. The standard InChI is InChI=1S/C30H31N7O/c1-4-26-7-5-23(17-32-26)20-35-11-13-36(14-12-35)28-8-6-24(18-33-28)27-15-22(9-10-30(2,3)38)21-37-29(27)25(16-31)19-34-37/h1,5-8,15,17-19,21,38H,9-14,20H2,2-3H3. The van der Waals surface area contributed by atoms with E-state index in [0.717, 1.165) is 66.3 Å². The maximum absolute atomic E-state index is 10.2. The van der Waals surface area contributed by atoms with Gasteiger partial charge in [-0.05, 0) is 62.1 Å². The number of aryl methyl sites for hydroxylation is 1. The van der Waals surface area contributed by atoms with E-state index in [1.807, 2.05) is 44.6 Å². The molecule has 1 aliphatic heterocycles. The lowest BCUT2D eigenvalue weighted by Gasteiger charge is -2.35. The molecule has 4 aromatic rings. The molecule has 0 aliphatic carbocycles. The quantitative estimate of drug-likeness (QED) is 0.383. The molecule has 1 N–H and O–H groups in total. The number of nitrogens with zero attached hydrogens (tertiary/aromatic N) is 7. The highest BCUT2D eigenvalue weighted by Crippen LogP contribution is 2.30. The Balaban J connectivity index is 1.31. The number of nitriles is 1. The van der Waals surface area contributed by atoms with Crippen LogP contribution in [0, 0.1) is 23.7 Å². The van der Waals surface area contributed by atoms with E-state index in [4.69, 9.17) is 11.4 Å². The van der Waals surface area contributed by atoms with Gasteiger partial charge in [-0.25, -0.2) is 14.5 Å². The number of hydrogen-bond donors (Lipinski definition) is 1. The highest BCUT2D eigenvalue weighted by atomic mass is 16.3. The number of terminal acetylenes is 1. The third-order valence-corrected chi connectivity index (χ3v) is 6.95. The Bertz CT molecular complexity index is 1490. The van der Waals surface area contributed by atoms with E-state index >= 15 is 0 Å². The SMILES string of the molecule is C#Cc1ccc(CN2CCN(c3ccc(-c4cc(CCC(C)(C)O)cn5ncc(C#N)c45)cn3)CC2)cn1. The molecule has 4 aromatic heterocycles. The Hall–Kier alpha value is -4.24. The van der Waals surface area contributed by atoms with Gasteiger partial charge in [-0.2, -0.15) is 10.4 Å². The van der Waals surface area contributed by atoms with Crippen LogP contribution in [0.2, 0.25) is 0 Å². The molecular formula is C30H31N7O. The topological polar surface area (TPSA) is 93.6 Å². The summed E-state index contributed by atoms with van der Waals surface area (Å²) in [6.07, 6.45) is 14.0. The molecule has 5 heterocycles. The highest BCUT2D eigenvalue weighted by molar-refractivity contribution is 5.84. The van der Waals surface area contributed by atoms with Crippen LogP contribution in [-0.4, -0.2) is 61.4 Å². The van der Waals surface area contributed by atoms with Crippen molar-refractivity contribution < 1.29 is 5.11 Å². The van der Waals surface area contributed by atoms with E-state index in [9.17, 15) is 10.4 Å². The number of anilines is 1. The molecule has 38 heavy (non-hydrogen) atoms. The summed E-state index contributed by atoms with van der Waals surface area (Å²) in [5.74, 6) is 3.50. The molecule has 0 atom stereocenters. The third-order valence-electron chi connectivity index (χ3n) is 6.95. The summed E-state index contributed by atoms with van der Waals surface area (Å²) in [7, 11) is 0. The molecule has 5 rings (SSSR count). The van der Waals surface area contributed by atoms with Crippen molar-refractivity contribution in [1.29, 1.82) is 5.26 Å². The van der Waals surface area contributed by atoms with Crippen molar-refractivity contribution >= 4 is 11.3 Å². The van der Waals surface area contributed by atoms with Crippen LogP contribution in [0.25, 0.3) is 16.6 Å². The summed E-state index contributed by atoms with van der Waals surface area (Å²) in [5.41, 5.74) is 5.26. The van der Waals surface area contributed by atoms with Gasteiger partial charge >= 0.3 is 0 Å². The van der Waals surface area contributed by atoms with Crippen LogP contribution < -0.4 is 4.90 Å². The summed E-state index contributed by atoms with van der Waals surface area (Å²) < 4.78 is 1.76. The fourth-order valence-electron chi connectivity index (χ4n) is 4.79. The van der Waals surface area contributed by atoms with Crippen molar-refractivity contribution in [1.82, 2.24) is 24.5 Å². The molecule has 192 valence electrons. The van der Waals surface area contributed by atoms with E-state index in [0.29, 0.717) is 24.1 Å². The molecule has 0 spiro atoms. The Kier molecular flexibility index (Phi) is 7.11. The molecule has 0 saturated carbocycles. The van der Waals surface area contributed by atoms with E-state index in [1.165, 1.54) is 0 Å². The molecule has 0 unspecified atom stereocenters. The molecule has 0 aromatic carbocycles. The van der Waals surface area contributed by atoms with Crippen LogP contribution >= 0.6 is 0 Å². The van der Waals surface area contributed by atoms with Crippen molar-refractivity contribution in [2.75, 3.05) is 31.1 Å². The van der Waals surface area contributed by atoms with Crippen molar-refractivity contribution in [2.24, 2.45) is 0 Å². The first kappa shape index (κ1) is 25.4. The minimum absolute atomic E-state index is 0.526. The molecule has 0 radical (unpaired) electrons. The van der Waals surface area contributed by atoms with Crippen LogP contribution in [-0.2, 0) is 13.0 Å². The second-order valence-corrected chi connectivity index (χ2v) is 10.4. The molecule has 0 amide bonds. The number of piperazine rings is 1. The van der Waals surface area contributed by atoms with Crippen LogP contribution in [0.4, 0.5) is 5.82 Å². The van der Waals surface area contributed by atoms with Gasteiger partial charge in [-0.15, -0.1) is 6.42 Å². The molecule has 1 saturated heterocycles.